The zero-order valence-corrected chi connectivity index (χ0v) is 11.5. The van der Waals surface area contributed by atoms with Crippen LogP contribution in [0.2, 0.25) is 0 Å². The van der Waals surface area contributed by atoms with Gasteiger partial charge >= 0.3 is 0 Å². The summed E-state index contributed by atoms with van der Waals surface area (Å²) in [4.78, 5) is 8.73. The van der Waals surface area contributed by atoms with Crippen molar-refractivity contribution in [2.45, 2.75) is 13.3 Å². The number of fused-ring (bicyclic) bond motifs is 1. The first-order valence-electron chi connectivity index (χ1n) is 6.91. The van der Waals surface area contributed by atoms with Gasteiger partial charge in [0.25, 0.3) is 0 Å². The summed E-state index contributed by atoms with van der Waals surface area (Å²) in [7, 11) is 0. The van der Waals surface area contributed by atoms with Gasteiger partial charge in [-0.1, -0.05) is 25.1 Å². The summed E-state index contributed by atoms with van der Waals surface area (Å²) in [6.07, 6.45) is 6.68. The molecule has 2 aromatic heterocycles. The topological polar surface area (TPSA) is 37.8 Å². The first-order valence-corrected chi connectivity index (χ1v) is 6.91. The van der Waals surface area contributed by atoms with E-state index in [1.165, 1.54) is 5.39 Å². The molecule has 2 heterocycles. The molecule has 20 heavy (non-hydrogen) atoms. The molecule has 0 atom stereocenters. The van der Waals surface area contributed by atoms with Crippen LogP contribution < -0.4 is 5.32 Å². The first-order chi connectivity index (χ1) is 9.88. The lowest BCUT2D eigenvalue weighted by atomic mass is 10.0. The molecular formula is C17H17N3. The Morgan fingerprint density at radius 1 is 1.10 bits per heavy atom. The predicted molar refractivity (Wildman–Crippen MR) is 83.8 cm³/mol. The Hall–Kier alpha value is -2.42. The molecule has 0 bridgehead atoms. The zero-order valence-electron chi connectivity index (χ0n) is 11.5. The van der Waals surface area contributed by atoms with Gasteiger partial charge in [0.2, 0.25) is 0 Å². The minimum atomic E-state index is 0.973. The molecule has 0 unspecified atom stereocenters. The van der Waals surface area contributed by atoms with Gasteiger partial charge in [-0.2, -0.15) is 0 Å². The van der Waals surface area contributed by atoms with Crippen LogP contribution in [-0.2, 0) is 0 Å². The number of pyridine rings is 2. The van der Waals surface area contributed by atoms with Crippen LogP contribution in [0.3, 0.4) is 0 Å². The molecule has 0 saturated heterocycles. The maximum atomic E-state index is 4.50. The van der Waals surface area contributed by atoms with Crippen molar-refractivity contribution in [3.05, 3.63) is 55.0 Å². The Bertz CT molecular complexity index is 717. The molecule has 0 aliphatic carbocycles. The molecule has 3 heteroatoms. The van der Waals surface area contributed by atoms with E-state index in [-0.39, 0.29) is 0 Å². The molecule has 0 saturated carbocycles. The smallest absolute Gasteiger partial charge is 0.0729 e. The minimum absolute atomic E-state index is 0.973. The average Bonchev–Trinajstić information content (AvgIpc) is 2.52. The molecule has 1 aromatic carbocycles. The van der Waals surface area contributed by atoms with Crippen molar-refractivity contribution in [1.82, 2.24) is 9.97 Å². The number of aromatic nitrogens is 2. The highest BCUT2D eigenvalue weighted by atomic mass is 14.9. The van der Waals surface area contributed by atoms with Crippen molar-refractivity contribution in [1.29, 1.82) is 0 Å². The third-order valence-corrected chi connectivity index (χ3v) is 3.30. The van der Waals surface area contributed by atoms with Crippen molar-refractivity contribution in [2.24, 2.45) is 0 Å². The number of hydrogen-bond acceptors (Lipinski definition) is 3. The van der Waals surface area contributed by atoms with Gasteiger partial charge in [-0.3, -0.25) is 9.97 Å². The lowest BCUT2D eigenvalue weighted by Gasteiger charge is -2.09. The van der Waals surface area contributed by atoms with Gasteiger partial charge in [0.15, 0.2) is 0 Å². The number of hydrogen-bond donors (Lipinski definition) is 1. The van der Waals surface area contributed by atoms with Gasteiger partial charge < -0.3 is 5.32 Å². The van der Waals surface area contributed by atoms with E-state index in [4.69, 9.17) is 0 Å². The van der Waals surface area contributed by atoms with Gasteiger partial charge in [-0.25, -0.2) is 0 Å². The third-order valence-electron chi connectivity index (χ3n) is 3.30. The van der Waals surface area contributed by atoms with Crippen molar-refractivity contribution >= 4 is 16.5 Å². The molecule has 0 aliphatic rings. The van der Waals surface area contributed by atoms with Crippen LogP contribution in [0.5, 0.6) is 0 Å². The van der Waals surface area contributed by atoms with Crippen molar-refractivity contribution in [2.75, 3.05) is 11.9 Å². The highest BCUT2D eigenvalue weighted by Crippen LogP contribution is 2.27. The van der Waals surface area contributed by atoms with E-state index in [1.807, 2.05) is 30.7 Å². The lowest BCUT2D eigenvalue weighted by molar-refractivity contribution is 0.979. The number of benzene rings is 1. The van der Waals surface area contributed by atoms with Crippen LogP contribution in [0, 0.1) is 0 Å². The van der Waals surface area contributed by atoms with Crippen molar-refractivity contribution in [3.63, 3.8) is 0 Å². The second kappa shape index (κ2) is 5.70. The van der Waals surface area contributed by atoms with Crippen LogP contribution in [0.25, 0.3) is 22.0 Å². The van der Waals surface area contributed by atoms with Crippen LogP contribution >= 0.6 is 0 Å². The largest absolute Gasteiger partial charge is 0.385 e. The Balaban J connectivity index is 2.06. The summed E-state index contributed by atoms with van der Waals surface area (Å²) in [6, 6.07) is 12.4. The zero-order chi connectivity index (χ0) is 13.8. The summed E-state index contributed by atoms with van der Waals surface area (Å²) >= 11 is 0. The quantitative estimate of drug-likeness (QED) is 0.769. The maximum Gasteiger partial charge on any atom is 0.0729 e. The molecule has 0 radical (unpaired) electrons. The van der Waals surface area contributed by atoms with E-state index in [0.29, 0.717) is 0 Å². The molecule has 0 amide bonds. The van der Waals surface area contributed by atoms with E-state index in [0.717, 1.165) is 35.3 Å². The van der Waals surface area contributed by atoms with Gasteiger partial charge in [0.1, 0.15) is 0 Å². The fraction of sp³-hybridized carbons (Fsp3) is 0.176. The molecule has 3 aromatic rings. The van der Waals surface area contributed by atoms with Gasteiger partial charge in [0, 0.05) is 41.8 Å². The van der Waals surface area contributed by atoms with Gasteiger partial charge in [-0.15, -0.1) is 0 Å². The summed E-state index contributed by atoms with van der Waals surface area (Å²) in [5.74, 6) is 0. The first kappa shape index (κ1) is 12.6. The number of nitrogens with one attached hydrogen (secondary N) is 1. The van der Waals surface area contributed by atoms with Crippen LogP contribution in [0.4, 0.5) is 5.69 Å². The van der Waals surface area contributed by atoms with E-state index in [2.05, 4.69) is 46.5 Å². The molecule has 100 valence electrons. The number of rotatable bonds is 4. The molecule has 3 nitrogen and oxygen atoms in total. The Kier molecular flexibility index (Phi) is 3.59. The van der Waals surface area contributed by atoms with E-state index >= 15 is 0 Å². The summed E-state index contributed by atoms with van der Waals surface area (Å²) in [6.45, 7) is 3.13. The second-order valence-electron chi connectivity index (χ2n) is 4.76. The standard InChI is InChI=1S/C17H17N3/c1-2-8-19-14-7-10-20-17(11-14)15-5-3-4-13-6-9-18-12-16(13)15/h3-7,9-12H,2,8H2,1H3,(H,19,20). The van der Waals surface area contributed by atoms with Crippen LogP contribution in [-0.4, -0.2) is 16.5 Å². The predicted octanol–water partition coefficient (Wildman–Crippen LogP) is 4.12. The molecule has 0 spiro atoms. The van der Waals surface area contributed by atoms with E-state index in [1.54, 1.807) is 0 Å². The fourth-order valence-electron chi connectivity index (χ4n) is 2.29. The highest BCUT2D eigenvalue weighted by molar-refractivity contribution is 5.95. The van der Waals surface area contributed by atoms with Crippen molar-refractivity contribution < 1.29 is 0 Å². The molecule has 0 fully saturated rings. The third kappa shape index (κ3) is 2.48. The van der Waals surface area contributed by atoms with Crippen molar-refractivity contribution in [3.8, 4) is 11.3 Å². The summed E-state index contributed by atoms with van der Waals surface area (Å²) in [5, 5.41) is 5.72. The molecule has 1 N–H and O–H groups in total. The average molecular weight is 263 g/mol. The Morgan fingerprint density at radius 2 is 2.05 bits per heavy atom. The molecule has 3 rings (SSSR count). The van der Waals surface area contributed by atoms with Crippen LogP contribution in [0.1, 0.15) is 13.3 Å². The normalized spacial score (nSPS) is 10.7. The van der Waals surface area contributed by atoms with E-state index in [9.17, 15) is 0 Å². The maximum absolute atomic E-state index is 4.50. The molecular weight excluding hydrogens is 246 g/mol. The lowest BCUT2D eigenvalue weighted by Crippen LogP contribution is -2.00. The SMILES string of the molecule is CCCNc1ccnc(-c2cccc3ccncc23)c1. The minimum Gasteiger partial charge on any atom is -0.385 e. The highest BCUT2D eigenvalue weighted by Gasteiger charge is 2.05. The fourth-order valence-corrected chi connectivity index (χ4v) is 2.29. The van der Waals surface area contributed by atoms with Gasteiger partial charge in [0.05, 0.1) is 5.69 Å². The summed E-state index contributed by atoms with van der Waals surface area (Å²) in [5.41, 5.74) is 3.21. The number of nitrogens with zero attached hydrogens (tertiary/aromatic N) is 2. The monoisotopic (exact) mass is 263 g/mol. The second-order valence-corrected chi connectivity index (χ2v) is 4.76. The Morgan fingerprint density at radius 3 is 2.95 bits per heavy atom. The van der Waals surface area contributed by atoms with Gasteiger partial charge in [-0.05, 0) is 30.0 Å². The molecule has 0 aliphatic heterocycles. The number of anilines is 1. The van der Waals surface area contributed by atoms with Crippen LogP contribution in [0.15, 0.2) is 55.0 Å². The Labute approximate surface area is 118 Å². The van der Waals surface area contributed by atoms with E-state index < -0.39 is 0 Å². The summed E-state index contributed by atoms with van der Waals surface area (Å²) < 4.78 is 0.